The highest BCUT2D eigenvalue weighted by Crippen LogP contribution is 2.24. The third kappa shape index (κ3) is 4.92. The first-order valence-corrected chi connectivity index (χ1v) is 12.8. The molecule has 0 atom stereocenters. The van der Waals surface area contributed by atoms with Gasteiger partial charge in [0.15, 0.2) is 5.16 Å². The minimum atomic E-state index is -0.0986. The zero-order valence-corrected chi connectivity index (χ0v) is 19.8. The fourth-order valence-electron chi connectivity index (χ4n) is 3.42. The number of carbonyl (C=O) groups excluding carboxylic acids is 1. The first-order chi connectivity index (χ1) is 15.1. The molecular weight excluding hydrogens is 446 g/mol. The average molecular weight is 470 g/mol. The van der Waals surface area contributed by atoms with Crippen molar-refractivity contribution in [3.05, 3.63) is 73.5 Å². The SMILES string of the molecule is CCc1cccc(C)c1NC(=O)CSc1nc2ccsc2c(=O)n1CCc1cccs1. The Morgan fingerprint density at radius 3 is 2.81 bits per heavy atom. The molecule has 0 aliphatic heterocycles. The third-order valence-electron chi connectivity index (χ3n) is 5.03. The van der Waals surface area contributed by atoms with Crippen molar-refractivity contribution in [1.29, 1.82) is 0 Å². The van der Waals surface area contributed by atoms with Crippen LogP contribution in [0, 0.1) is 6.92 Å². The Hall–Kier alpha value is -2.42. The molecule has 4 aromatic rings. The molecule has 160 valence electrons. The molecule has 31 heavy (non-hydrogen) atoms. The summed E-state index contributed by atoms with van der Waals surface area (Å²) in [5, 5.41) is 7.56. The van der Waals surface area contributed by atoms with Gasteiger partial charge in [-0.15, -0.1) is 22.7 Å². The van der Waals surface area contributed by atoms with E-state index in [9.17, 15) is 9.59 Å². The summed E-state index contributed by atoms with van der Waals surface area (Å²) < 4.78 is 2.37. The molecule has 8 heteroatoms. The summed E-state index contributed by atoms with van der Waals surface area (Å²) in [5.41, 5.74) is 3.70. The molecule has 4 rings (SSSR count). The van der Waals surface area contributed by atoms with Gasteiger partial charge in [0.25, 0.3) is 5.56 Å². The van der Waals surface area contributed by atoms with E-state index < -0.39 is 0 Å². The maximum absolute atomic E-state index is 13.1. The summed E-state index contributed by atoms with van der Waals surface area (Å²) in [7, 11) is 0. The average Bonchev–Trinajstić information content (AvgIpc) is 3.45. The number of benzene rings is 1. The van der Waals surface area contributed by atoms with E-state index in [1.54, 1.807) is 15.9 Å². The number of hydrogen-bond acceptors (Lipinski definition) is 6. The number of fused-ring (bicyclic) bond motifs is 1. The number of thioether (sulfide) groups is 1. The van der Waals surface area contributed by atoms with Crippen molar-refractivity contribution in [2.24, 2.45) is 0 Å². The van der Waals surface area contributed by atoms with Crippen LogP contribution < -0.4 is 10.9 Å². The number of aryl methyl sites for hydroxylation is 3. The molecule has 0 radical (unpaired) electrons. The highest BCUT2D eigenvalue weighted by atomic mass is 32.2. The zero-order chi connectivity index (χ0) is 21.8. The standard InChI is InChI=1S/C23H23N3O2S3/c1-3-16-7-4-6-15(2)20(16)25-19(27)14-31-23-24-18-10-13-30-21(18)22(28)26(23)11-9-17-8-5-12-29-17/h4-8,10,12-13H,3,9,11,14H2,1-2H3,(H,25,27). The number of hydrogen-bond donors (Lipinski definition) is 1. The number of amides is 1. The van der Waals surface area contributed by atoms with E-state index in [1.165, 1.54) is 28.0 Å². The van der Waals surface area contributed by atoms with Crippen LogP contribution in [0.4, 0.5) is 5.69 Å². The predicted octanol–water partition coefficient (Wildman–Crippen LogP) is 5.36. The lowest BCUT2D eigenvalue weighted by Crippen LogP contribution is -2.24. The second-order valence-corrected chi connectivity index (χ2v) is 10.0. The molecule has 0 saturated carbocycles. The van der Waals surface area contributed by atoms with E-state index in [0.717, 1.165) is 29.7 Å². The minimum absolute atomic E-state index is 0.0355. The molecule has 3 aromatic heterocycles. The van der Waals surface area contributed by atoms with Gasteiger partial charge in [-0.05, 0) is 53.8 Å². The molecule has 1 amide bonds. The molecule has 0 aliphatic carbocycles. The van der Waals surface area contributed by atoms with Gasteiger partial charge in [0.1, 0.15) is 4.70 Å². The number of carbonyl (C=O) groups is 1. The summed E-state index contributed by atoms with van der Waals surface area (Å²) in [6.45, 7) is 4.61. The Bertz CT molecular complexity index is 1260. The lowest BCUT2D eigenvalue weighted by atomic mass is 10.1. The third-order valence-corrected chi connectivity index (χ3v) is 7.83. The molecule has 0 aliphatic rings. The summed E-state index contributed by atoms with van der Waals surface area (Å²) in [4.78, 5) is 31.7. The Labute approximate surface area is 193 Å². The molecule has 1 N–H and O–H groups in total. The Morgan fingerprint density at radius 1 is 1.16 bits per heavy atom. The van der Waals surface area contributed by atoms with E-state index in [4.69, 9.17) is 0 Å². The highest BCUT2D eigenvalue weighted by Gasteiger charge is 2.15. The fourth-order valence-corrected chi connectivity index (χ4v) is 5.72. The number of nitrogens with zero attached hydrogens (tertiary/aromatic N) is 2. The van der Waals surface area contributed by atoms with Gasteiger partial charge in [0, 0.05) is 17.1 Å². The summed E-state index contributed by atoms with van der Waals surface area (Å²) >= 11 is 4.40. The van der Waals surface area contributed by atoms with E-state index in [-0.39, 0.29) is 17.2 Å². The molecule has 5 nitrogen and oxygen atoms in total. The van der Waals surface area contributed by atoms with Crippen molar-refractivity contribution in [1.82, 2.24) is 9.55 Å². The van der Waals surface area contributed by atoms with Crippen LogP contribution in [0.5, 0.6) is 0 Å². The van der Waals surface area contributed by atoms with Gasteiger partial charge in [-0.1, -0.05) is 43.0 Å². The van der Waals surface area contributed by atoms with Gasteiger partial charge in [0.05, 0.1) is 11.3 Å². The van der Waals surface area contributed by atoms with E-state index in [2.05, 4.69) is 23.3 Å². The summed E-state index contributed by atoms with van der Waals surface area (Å²) in [6.07, 6.45) is 1.61. The fraction of sp³-hybridized carbons (Fsp3) is 0.261. The van der Waals surface area contributed by atoms with Crippen molar-refractivity contribution in [3.63, 3.8) is 0 Å². The van der Waals surface area contributed by atoms with Gasteiger partial charge < -0.3 is 5.32 Å². The predicted molar refractivity (Wildman–Crippen MR) is 132 cm³/mol. The van der Waals surface area contributed by atoms with Crippen LogP contribution in [0.2, 0.25) is 0 Å². The quantitative estimate of drug-likeness (QED) is 0.279. The van der Waals surface area contributed by atoms with Crippen molar-refractivity contribution in [3.8, 4) is 0 Å². The van der Waals surface area contributed by atoms with Crippen molar-refractivity contribution in [2.45, 2.75) is 38.4 Å². The topological polar surface area (TPSA) is 64.0 Å². The van der Waals surface area contributed by atoms with Gasteiger partial charge in [-0.25, -0.2) is 4.98 Å². The molecule has 1 aromatic carbocycles. The Kier molecular flexibility index (Phi) is 6.89. The van der Waals surface area contributed by atoms with Crippen LogP contribution in [0.25, 0.3) is 10.2 Å². The molecule has 3 heterocycles. The van der Waals surface area contributed by atoms with Crippen LogP contribution in [-0.4, -0.2) is 21.2 Å². The lowest BCUT2D eigenvalue weighted by molar-refractivity contribution is -0.113. The number of rotatable bonds is 8. The van der Waals surface area contributed by atoms with E-state index in [0.29, 0.717) is 21.9 Å². The smallest absolute Gasteiger partial charge is 0.272 e. The largest absolute Gasteiger partial charge is 0.325 e. The Morgan fingerprint density at radius 2 is 2.03 bits per heavy atom. The molecule has 0 spiro atoms. The Balaban J connectivity index is 1.54. The van der Waals surface area contributed by atoms with Gasteiger partial charge in [-0.2, -0.15) is 0 Å². The number of thiophene rings is 2. The minimum Gasteiger partial charge on any atom is -0.325 e. The van der Waals surface area contributed by atoms with Gasteiger partial charge in [-0.3, -0.25) is 14.2 Å². The number of anilines is 1. The normalized spacial score (nSPS) is 11.2. The van der Waals surface area contributed by atoms with Crippen molar-refractivity contribution in [2.75, 3.05) is 11.1 Å². The second-order valence-electron chi connectivity index (χ2n) is 7.11. The maximum atomic E-state index is 13.1. The van der Waals surface area contributed by atoms with Crippen LogP contribution in [0.1, 0.15) is 22.9 Å². The van der Waals surface area contributed by atoms with Gasteiger partial charge >= 0.3 is 0 Å². The van der Waals surface area contributed by atoms with Crippen LogP contribution in [0.15, 0.2) is 57.1 Å². The molecule has 0 fully saturated rings. The van der Waals surface area contributed by atoms with Gasteiger partial charge in [0.2, 0.25) is 5.91 Å². The van der Waals surface area contributed by atoms with Crippen LogP contribution >= 0.6 is 34.4 Å². The zero-order valence-electron chi connectivity index (χ0n) is 17.4. The molecule has 0 saturated heterocycles. The first kappa shape index (κ1) is 21.8. The van der Waals surface area contributed by atoms with Crippen LogP contribution in [0.3, 0.4) is 0 Å². The molecule has 0 unspecified atom stereocenters. The van der Waals surface area contributed by atoms with Crippen LogP contribution in [-0.2, 0) is 24.2 Å². The highest BCUT2D eigenvalue weighted by molar-refractivity contribution is 7.99. The number of aromatic nitrogens is 2. The van der Waals surface area contributed by atoms with Crippen molar-refractivity contribution < 1.29 is 4.79 Å². The number of nitrogens with one attached hydrogen (secondary N) is 1. The molecular formula is C23H23N3O2S3. The molecule has 0 bridgehead atoms. The lowest BCUT2D eigenvalue weighted by Gasteiger charge is -2.14. The van der Waals surface area contributed by atoms with E-state index in [1.807, 2.05) is 48.0 Å². The number of para-hydroxylation sites is 1. The maximum Gasteiger partial charge on any atom is 0.272 e. The first-order valence-electron chi connectivity index (χ1n) is 10.1. The van der Waals surface area contributed by atoms with Crippen molar-refractivity contribution >= 4 is 56.2 Å². The monoisotopic (exact) mass is 469 g/mol. The summed E-state index contributed by atoms with van der Waals surface area (Å²) in [6, 6.07) is 12.0. The summed E-state index contributed by atoms with van der Waals surface area (Å²) in [5.74, 6) is 0.0944. The van der Waals surface area contributed by atoms with E-state index >= 15 is 0 Å². The second kappa shape index (κ2) is 9.80.